The molecule has 6 nitrogen and oxygen atoms in total. The summed E-state index contributed by atoms with van der Waals surface area (Å²) in [5.41, 5.74) is 2.03. The summed E-state index contributed by atoms with van der Waals surface area (Å²) in [6.07, 6.45) is 2.07. The van der Waals surface area contributed by atoms with Gasteiger partial charge in [-0.05, 0) is 43.5 Å². The maximum atomic E-state index is 13.8. The van der Waals surface area contributed by atoms with Crippen molar-refractivity contribution in [2.75, 3.05) is 5.32 Å². The molecule has 0 radical (unpaired) electrons. The number of nitrogens with zero attached hydrogens (tertiary/aromatic N) is 3. The third-order valence-electron chi connectivity index (χ3n) is 5.26. The fourth-order valence-electron chi connectivity index (χ4n) is 3.67. The zero-order valence-corrected chi connectivity index (χ0v) is 17.7. The third-order valence-corrected chi connectivity index (χ3v) is 6.98. The second kappa shape index (κ2) is 7.46. The van der Waals surface area contributed by atoms with E-state index in [0.29, 0.717) is 39.7 Å². The number of halogens is 1. The molecule has 0 aliphatic heterocycles. The molecule has 0 unspecified atom stereocenters. The van der Waals surface area contributed by atoms with E-state index in [-0.39, 0.29) is 11.6 Å². The summed E-state index contributed by atoms with van der Waals surface area (Å²) in [6, 6.07) is 17.1. The third kappa shape index (κ3) is 3.90. The average Bonchev–Trinajstić information content (AvgIpc) is 3.47. The van der Waals surface area contributed by atoms with E-state index in [1.165, 1.54) is 16.1 Å². The predicted octanol–water partition coefficient (Wildman–Crippen LogP) is 4.50. The fourth-order valence-corrected chi connectivity index (χ4v) is 5.31. The topological polar surface area (TPSA) is 76.9 Å². The molecule has 5 rings (SSSR count). The van der Waals surface area contributed by atoms with Crippen molar-refractivity contribution in [1.29, 1.82) is 0 Å². The number of nitrogens with one attached hydrogen (secondary N) is 1. The zero-order valence-electron chi connectivity index (χ0n) is 16.9. The van der Waals surface area contributed by atoms with E-state index < -0.39 is 15.8 Å². The summed E-state index contributed by atoms with van der Waals surface area (Å²) in [7, 11) is -3.74. The first-order valence-corrected chi connectivity index (χ1v) is 11.7. The maximum absolute atomic E-state index is 13.8. The van der Waals surface area contributed by atoms with E-state index in [1.807, 2.05) is 18.2 Å². The number of rotatable bonds is 6. The van der Waals surface area contributed by atoms with Crippen molar-refractivity contribution >= 4 is 26.9 Å². The van der Waals surface area contributed by atoms with Crippen molar-refractivity contribution in [2.45, 2.75) is 31.6 Å². The molecule has 0 atom stereocenters. The Morgan fingerprint density at radius 2 is 1.84 bits per heavy atom. The second-order valence-electron chi connectivity index (χ2n) is 7.85. The van der Waals surface area contributed by atoms with Crippen LogP contribution in [0.4, 0.5) is 10.2 Å². The van der Waals surface area contributed by atoms with Gasteiger partial charge in [-0.25, -0.2) is 26.7 Å². The minimum Gasteiger partial charge on any atom is -0.367 e. The summed E-state index contributed by atoms with van der Waals surface area (Å²) < 4.78 is 41.8. The van der Waals surface area contributed by atoms with E-state index in [9.17, 15) is 12.8 Å². The lowest BCUT2D eigenvalue weighted by molar-refractivity contribution is 0.587. The van der Waals surface area contributed by atoms with Crippen LogP contribution in [0, 0.1) is 12.7 Å². The van der Waals surface area contributed by atoms with Crippen LogP contribution in [-0.4, -0.2) is 28.4 Å². The number of anilines is 1. The fraction of sp³-hybridized carbons (Fsp3) is 0.217. The first-order chi connectivity index (χ1) is 14.9. The Morgan fingerprint density at radius 3 is 2.55 bits per heavy atom. The smallest absolute Gasteiger partial charge is 0.244 e. The van der Waals surface area contributed by atoms with Crippen LogP contribution < -0.4 is 5.32 Å². The molecular formula is C23H21FN4O2S. The molecule has 0 bridgehead atoms. The maximum Gasteiger partial charge on any atom is 0.244 e. The number of hydrogen-bond donors (Lipinski definition) is 1. The van der Waals surface area contributed by atoms with E-state index in [0.717, 1.165) is 12.8 Å². The van der Waals surface area contributed by atoms with Crippen LogP contribution in [0.3, 0.4) is 0 Å². The van der Waals surface area contributed by atoms with E-state index in [1.54, 1.807) is 37.3 Å². The molecule has 4 aromatic rings. The van der Waals surface area contributed by atoms with Gasteiger partial charge in [-0.15, -0.1) is 0 Å². The first-order valence-electron chi connectivity index (χ1n) is 10.1. The minimum atomic E-state index is -3.74. The largest absolute Gasteiger partial charge is 0.367 e. The van der Waals surface area contributed by atoms with Crippen molar-refractivity contribution in [2.24, 2.45) is 0 Å². The lowest BCUT2D eigenvalue weighted by Crippen LogP contribution is -2.17. The highest BCUT2D eigenvalue weighted by atomic mass is 32.2. The van der Waals surface area contributed by atoms with Gasteiger partial charge in [0.05, 0.1) is 11.1 Å². The van der Waals surface area contributed by atoms with Gasteiger partial charge >= 0.3 is 0 Å². The van der Waals surface area contributed by atoms with Crippen molar-refractivity contribution < 1.29 is 12.8 Å². The number of fused-ring (bicyclic) bond motifs is 1. The molecule has 31 heavy (non-hydrogen) atoms. The van der Waals surface area contributed by atoms with E-state index in [2.05, 4.69) is 15.3 Å². The van der Waals surface area contributed by atoms with Crippen molar-refractivity contribution in [3.05, 3.63) is 77.7 Å². The van der Waals surface area contributed by atoms with Gasteiger partial charge in [-0.3, -0.25) is 0 Å². The quantitative estimate of drug-likeness (QED) is 0.482. The number of aromatic nitrogens is 3. The summed E-state index contributed by atoms with van der Waals surface area (Å²) in [6.45, 7) is 1.74. The van der Waals surface area contributed by atoms with Crippen molar-refractivity contribution in [1.82, 2.24) is 13.9 Å². The minimum absolute atomic E-state index is 0.150. The predicted molar refractivity (Wildman–Crippen MR) is 119 cm³/mol. The Hall–Kier alpha value is -3.26. The summed E-state index contributed by atoms with van der Waals surface area (Å²) in [5, 5.41) is 4.01. The molecular weight excluding hydrogens is 415 g/mol. The molecule has 1 aliphatic carbocycles. The first kappa shape index (κ1) is 19.7. The summed E-state index contributed by atoms with van der Waals surface area (Å²) >= 11 is 0. The van der Waals surface area contributed by atoms with Gasteiger partial charge in [-0.2, -0.15) is 0 Å². The molecule has 2 heterocycles. The number of hydrogen-bond acceptors (Lipinski definition) is 5. The van der Waals surface area contributed by atoms with Crippen LogP contribution in [0.1, 0.15) is 24.1 Å². The molecule has 0 amide bonds. The van der Waals surface area contributed by atoms with E-state index >= 15 is 0 Å². The van der Waals surface area contributed by atoms with Gasteiger partial charge < -0.3 is 5.32 Å². The molecule has 8 heteroatoms. The second-order valence-corrected chi connectivity index (χ2v) is 9.67. The number of benzene rings is 2. The number of aryl methyl sites for hydroxylation is 1. The molecule has 1 fully saturated rings. The van der Waals surface area contributed by atoms with Gasteiger partial charge in [-0.1, -0.05) is 42.5 Å². The molecule has 2 aromatic heterocycles. The molecule has 1 saturated carbocycles. The van der Waals surface area contributed by atoms with Crippen LogP contribution >= 0.6 is 0 Å². The molecule has 158 valence electrons. The molecule has 0 saturated heterocycles. The van der Waals surface area contributed by atoms with Crippen LogP contribution in [0.2, 0.25) is 0 Å². The Labute approximate surface area is 179 Å². The average molecular weight is 437 g/mol. The van der Waals surface area contributed by atoms with Crippen molar-refractivity contribution in [3.8, 4) is 11.4 Å². The zero-order chi connectivity index (χ0) is 21.6. The summed E-state index contributed by atoms with van der Waals surface area (Å²) in [5.74, 6) is 0.303. The highest BCUT2D eigenvalue weighted by Gasteiger charge is 2.27. The summed E-state index contributed by atoms with van der Waals surface area (Å²) in [4.78, 5) is 9.19. The van der Waals surface area contributed by atoms with Crippen LogP contribution in [0.15, 0.2) is 60.7 Å². The molecule has 1 aliphatic rings. The Morgan fingerprint density at radius 1 is 1.06 bits per heavy atom. The normalized spacial score (nSPS) is 14.1. The van der Waals surface area contributed by atoms with Gasteiger partial charge in [0.15, 0.2) is 11.5 Å². The molecule has 0 spiro atoms. The monoisotopic (exact) mass is 436 g/mol. The van der Waals surface area contributed by atoms with Crippen LogP contribution in [0.5, 0.6) is 0 Å². The van der Waals surface area contributed by atoms with Gasteiger partial charge in [0.2, 0.25) is 10.0 Å². The lowest BCUT2D eigenvalue weighted by atomic mass is 10.2. The standard InChI is InChI=1S/C23H21FN4O2S/c1-15-12-20-22(25-19-10-11-19)26-21(17-8-5-9-18(24)13-17)27-23(20)28(15)31(29,30)14-16-6-3-2-4-7-16/h2-9,12-13,19H,10-11,14H2,1H3,(H,25,26,27). The van der Waals surface area contributed by atoms with Gasteiger partial charge in [0, 0.05) is 17.3 Å². The van der Waals surface area contributed by atoms with Gasteiger partial charge in [0.25, 0.3) is 0 Å². The van der Waals surface area contributed by atoms with Crippen molar-refractivity contribution in [3.63, 3.8) is 0 Å². The Balaban J connectivity index is 1.70. The highest BCUT2D eigenvalue weighted by molar-refractivity contribution is 7.89. The molecule has 2 aromatic carbocycles. The van der Waals surface area contributed by atoms with Crippen LogP contribution in [-0.2, 0) is 15.8 Å². The Bertz CT molecular complexity index is 1380. The van der Waals surface area contributed by atoms with Crippen LogP contribution in [0.25, 0.3) is 22.4 Å². The molecule has 1 N–H and O–H groups in total. The Kier molecular flexibility index (Phi) is 4.74. The lowest BCUT2D eigenvalue weighted by Gasteiger charge is -2.12. The SMILES string of the molecule is Cc1cc2c(NC3CC3)nc(-c3cccc(F)c3)nc2n1S(=O)(=O)Cc1ccccc1. The van der Waals surface area contributed by atoms with E-state index in [4.69, 9.17) is 0 Å². The van der Waals surface area contributed by atoms with Gasteiger partial charge in [0.1, 0.15) is 11.6 Å². The highest BCUT2D eigenvalue weighted by Crippen LogP contribution is 2.33.